The van der Waals surface area contributed by atoms with Crippen LogP contribution in [0.25, 0.3) is 10.2 Å². The van der Waals surface area contributed by atoms with E-state index in [1.165, 1.54) is 4.70 Å². The molecule has 5 rings (SSSR count). The second kappa shape index (κ2) is 9.28. The molecule has 7 heteroatoms. The van der Waals surface area contributed by atoms with Crippen LogP contribution in [0.2, 0.25) is 0 Å². The lowest BCUT2D eigenvalue weighted by Gasteiger charge is -2.20. The molecular weight excluding hydrogens is 422 g/mol. The fourth-order valence-corrected chi connectivity index (χ4v) is 5.43. The fourth-order valence-electron chi connectivity index (χ4n) is 4.42. The number of thiazole rings is 1. The van der Waals surface area contributed by atoms with Crippen LogP contribution in [0.4, 0.5) is 0 Å². The number of nitrogens with zero attached hydrogens (tertiary/aromatic N) is 3. The summed E-state index contributed by atoms with van der Waals surface area (Å²) in [7, 11) is 0. The van der Waals surface area contributed by atoms with E-state index in [1.54, 1.807) is 11.3 Å². The Morgan fingerprint density at radius 2 is 1.88 bits per heavy atom. The van der Waals surface area contributed by atoms with E-state index in [2.05, 4.69) is 11.1 Å². The van der Waals surface area contributed by atoms with Gasteiger partial charge in [0.05, 0.1) is 21.8 Å². The van der Waals surface area contributed by atoms with Gasteiger partial charge in [0.15, 0.2) is 0 Å². The van der Waals surface area contributed by atoms with Crippen molar-refractivity contribution < 1.29 is 14.3 Å². The van der Waals surface area contributed by atoms with E-state index < -0.39 is 0 Å². The molecule has 32 heavy (non-hydrogen) atoms. The van der Waals surface area contributed by atoms with E-state index >= 15 is 0 Å². The Hall–Kier alpha value is -2.93. The molecule has 1 fully saturated rings. The standard InChI is InChI=1S/C25H27N3O3S/c29-24(9-5-8-23-26-20-6-1-2-7-22(20)32-23)28-14-15-31-21-11-10-18(16-19(21)17-28)25(30)27-12-3-4-13-27/h1-2,6-7,10-11,16H,3-5,8-9,12-15,17H2. The number of aromatic nitrogens is 1. The molecule has 0 unspecified atom stereocenters. The summed E-state index contributed by atoms with van der Waals surface area (Å²) in [6.45, 7) is 3.16. The van der Waals surface area contributed by atoms with E-state index in [4.69, 9.17) is 4.74 Å². The van der Waals surface area contributed by atoms with Crippen molar-refractivity contribution in [2.75, 3.05) is 26.2 Å². The molecule has 0 saturated carbocycles. The van der Waals surface area contributed by atoms with Gasteiger partial charge in [0.2, 0.25) is 5.91 Å². The summed E-state index contributed by atoms with van der Waals surface area (Å²) in [4.78, 5) is 34.1. The molecule has 166 valence electrons. The van der Waals surface area contributed by atoms with Crippen molar-refractivity contribution in [3.05, 3.63) is 58.6 Å². The number of benzene rings is 2. The largest absolute Gasteiger partial charge is 0.491 e. The summed E-state index contributed by atoms with van der Waals surface area (Å²) in [5.41, 5.74) is 2.62. The number of hydrogen-bond donors (Lipinski definition) is 0. The van der Waals surface area contributed by atoms with Crippen LogP contribution in [-0.4, -0.2) is 52.8 Å². The lowest BCUT2D eigenvalue weighted by molar-refractivity contribution is -0.132. The third kappa shape index (κ3) is 4.48. The highest BCUT2D eigenvalue weighted by Crippen LogP contribution is 2.27. The molecule has 1 saturated heterocycles. The molecule has 0 spiro atoms. The number of amides is 2. The summed E-state index contributed by atoms with van der Waals surface area (Å²) >= 11 is 1.70. The monoisotopic (exact) mass is 449 g/mol. The van der Waals surface area contributed by atoms with E-state index in [0.717, 1.165) is 60.6 Å². The Kier molecular flexibility index (Phi) is 6.08. The molecule has 1 aromatic heterocycles. The molecule has 2 aliphatic heterocycles. The molecular formula is C25H27N3O3S. The minimum atomic E-state index is 0.0725. The van der Waals surface area contributed by atoms with Crippen molar-refractivity contribution in [1.29, 1.82) is 0 Å². The van der Waals surface area contributed by atoms with Gasteiger partial charge in [-0.15, -0.1) is 11.3 Å². The topological polar surface area (TPSA) is 62.7 Å². The number of ether oxygens (including phenoxy) is 1. The van der Waals surface area contributed by atoms with Crippen molar-refractivity contribution >= 4 is 33.4 Å². The van der Waals surface area contributed by atoms with Crippen molar-refractivity contribution in [3.8, 4) is 5.75 Å². The van der Waals surface area contributed by atoms with E-state index in [9.17, 15) is 9.59 Å². The Morgan fingerprint density at radius 1 is 1.03 bits per heavy atom. The van der Waals surface area contributed by atoms with E-state index in [0.29, 0.717) is 31.7 Å². The first-order valence-corrected chi connectivity index (χ1v) is 12.2. The van der Waals surface area contributed by atoms with Gasteiger partial charge in [0.1, 0.15) is 12.4 Å². The molecule has 0 aliphatic carbocycles. The maximum absolute atomic E-state index is 12.9. The minimum Gasteiger partial charge on any atom is -0.491 e. The lowest BCUT2D eigenvalue weighted by Crippen LogP contribution is -2.32. The maximum atomic E-state index is 12.9. The number of hydrogen-bond acceptors (Lipinski definition) is 5. The highest BCUT2D eigenvalue weighted by Gasteiger charge is 2.23. The lowest BCUT2D eigenvalue weighted by atomic mass is 10.1. The average molecular weight is 450 g/mol. The summed E-state index contributed by atoms with van der Waals surface area (Å²) in [5, 5.41) is 1.08. The van der Waals surface area contributed by atoms with Gasteiger partial charge in [-0.05, 0) is 56.0 Å². The maximum Gasteiger partial charge on any atom is 0.253 e. The van der Waals surface area contributed by atoms with Gasteiger partial charge in [0.25, 0.3) is 5.91 Å². The number of carbonyl (C=O) groups excluding carboxylic acids is 2. The number of rotatable bonds is 5. The van der Waals surface area contributed by atoms with E-state index in [-0.39, 0.29) is 11.8 Å². The Balaban J connectivity index is 1.21. The second-order valence-corrected chi connectivity index (χ2v) is 9.53. The zero-order valence-corrected chi connectivity index (χ0v) is 18.9. The third-order valence-corrected chi connectivity index (χ3v) is 7.25. The molecule has 0 radical (unpaired) electrons. The summed E-state index contributed by atoms with van der Waals surface area (Å²) in [6.07, 6.45) is 4.20. The predicted octanol–water partition coefficient (Wildman–Crippen LogP) is 4.28. The van der Waals surface area contributed by atoms with Crippen LogP contribution in [0.15, 0.2) is 42.5 Å². The first-order chi connectivity index (χ1) is 15.7. The van der Waals surface area contributed by atoms with Gasteiger partial charge in [-0.25, -0.2) is 4.98 Å². The summed E-state index contributed by atoms with van der Waals surface area (Å²) in [5.74, 6) is 0.967. The zero-order valence-electron chi connectivity index (χ0n) is 18.1. The average Bonchev–Trinajstić information content (AvgIpc) is 3.43. The quantitative estimate of drug-likeness (QED) is 0.583. The first kappa shape index (κ1) is 20.9. The molecule has 0 N–H and O–H groups in total. The van der Waals surface area contributed by atoms with Crippen molar-refractivity contribution in [2.24, 2.45) is 0 Å². The van der Waals surface area contributed by atoms with E-state index in [1.807, 2.05) is 46.2 Å². The molecule has 6 nitrogen and oxygen atoms in total. The molecule has 2 aromatic carbocycles. The smallest absolute Gasteiger partial charge is 0.253 e. The second-order valence-electron chi connectivity index (χ2n) is 8.41. The van der Waals surface area contributed by atoms with Gasteiger partial charge >= 0.3 is 0 Å². The van der Waals surface area contributed by atoms with Crippen LogP contribution in [0, 0.1) is 0 Å². The molecule has 0 atom stereocenters. The summed E-state index contributed by atoms with van der Waals surface area (Å²) in [6, 6.07) is 13.8. The highest BCUT2D eigenvalue weighted by molar-refractivity contribution is 7.18. The van der Waals surface area contributed by atoms with Gasteiger partial charge in [-0.1, -0.05) is 12.1 Å². The van der Waals surface area contributed by atoms with Crippen LogP contribution in [0.5, 0.6) is 5.75 Å². The molecule has 0 bridgehead atoms. The molecule has 3 heterocycles. The van der Waals surface area contributed by atoms with Gasteiger partial charge in [-0.2, -0.15) is 0 Å². The van der Waals surface area contributed by atoms with Crippen molar-refractivity contribution in [1.82, 2.24) is 14.8 Å². The normalized spacial score (nSPS) is 16.0. The number of aryl methyl sites for hydroxylation is 1. The molecule has 3 aromatic rings. The zero-order chi connectivity index (χ0) is 21.9. The first-order valence-electron chi connectivity index (χ1n) is 11.3. The SMILES string of the molecule is O=C(CCCc1nc2ccccc2s1)N1CCOc2ccc(C(=O)N3CCCC3)cc2C1. The highest BCUT2D eigenvalue weighted by atomic mass is 32.1. The molecule has 2 amide bonds. The number of para-hydroxylation sites is 1. The molecule has 2 aliphatic rings. The van der Waals surface area contributed by atoms with Gasteiger partial charge < -0.3 is 14.5 Å². The van der Waals surface area contributed by atoms with Crippen LogP contribution >= 0.6 is 11.3 Å². The Labute approximate surface area is 191 Å². The van der Waals surface area contributed by atoms with Crippen molar-refractivity contribution in [3.63, 3.8) is 0 Å². The van der Waals surface area contributed by atoms with Crippen LogP contribution in [0.3, 0.4) is 0 Å². The summed E-state index contributed by atoms with van der Waals surface area (Å²) < 4.78 is 7.06. The van der Waals surface area contributed by atoms with Crippen LogP contribution in [0.1, 0.15) is 46.6 Å². The number of fused-ring (bicyclic) bond motifs is 2. The van der Waals surface area contributed by atoms with Crippen molar-refractivity contribution in [2.45, 2.75) is 38.6 Å². The van der Waals surface area contributed by atoms with Gasteiger partial charge in [-0.3, -0.25) is 9.59 Å². The van der Waals surface area contributed by atoms with Gasteiger partial charge in [0, 0.05) is 37.2 Å². The fraction of sp³-hybridized carbons (Fsp3) is 0.400. The minimum absolute atomic E-state index is 0.0725. The number of carbonyl (C=O) groups is 2. The Morgan fingerprint density at radius 3 is 2.72 bits per heavy atom. The number of likely N-dealkylation sites (tertiary alicyclic amines) is 1. The third-order valence-electron chi connectivity index (χ3n) is 6.15. The Bertz CT molecular complexity index is 1100. The predicted molar refractivity (Wildman–Crippen MR) is 125 cm³/mol. The van der Waals surface area contributed by atoms with Crippen LogP contribution < -0.4 is 4.74 Å². The van der Waals surface area contributed by atoms with Crippen LogP contribution in [-0.2, 0) is 17.8 Å².